The molecule has 0 radical (unpaired) electrons. The third-order valence-electron chi connectivity index (χ3n) is 5.31. The summed E-state index contributed by atoms with van der Waals surface area (Å²) in [5, 5.41) is 2.81. The van der Waals surface area contributed by atoms with E-state index in [9.17, 15) is 9.59 Å². The van der Waals surface area contributed by atoms with Gasteiger partial charge in [-0.2, -0.15) is 0 Å². The molecule has 7 heteroatoms. The standard InChI is InChI=1S/C17H30N4O3/c22-16-13-20(8-5-18-16)14-17(23)21-6-2-1-3-15(21)4-7-19-9-11-24-12-10-19/h15H,1-14H2,(H,18,22)/t15-/m0/s1. The van der Waals surface area contributed by atoms with Crippen LogP contribution in [0.3, 0.4) is 0 Å². The first-order valence-corrected chi connectivity index (χ1v) is 9.31. The van der Waals surface area contributed by atoms with Crippen LogP contribution in [-0.2, 0) is 14.3 Å². The van der Waals surface area contributed by atoms with Gasteiger partial charge in [0.15, 0.2) is 0 Å². The van der Waals surface area contributed by atoms with Crippen molar-refractivity contribution in [3.8, 4) is 0 Å². The average Bonchev–Trinajstić information content (AvgIpc) is 2.61. The summed E-state index contributed by atoms with van der Waals surface area (Å²) in [6.07, 6.45) is 4.47. The molecule has 0 aliphatic carbocycles. The molecule has 136 valence electrons. The van der Waals surface area contributed by atoms with E-state index >= 15 is 0 Å². The molecule has 3 aliphatic heterocycles. The van der Waals surface area contributed by atoms with E-state index < -0.39 is 0 Å². The maximum Gasteiger partial charge on any atom is 0.237 e. The SMILES string of the molecule is O=C1CN(CC(=O)N2CCCC[C@H]2CCN2CCOCC2)CCN1. The zero-order valence-corrected chi connectivity index (χ0v) is 14.5. The van der Waals surface area contributed by atoms with Crippen LogP contribution in [0.5, 0.6) is 0 Å². The average molecular weight is 338 g/mol. The highest BCUT2D eigenvalue weighted by Gasteiger charge is 2.29. The van der Waals surface area contributed by atoms with Crippen molar-refractivity contribution in [2.75, 3.05) is 65.6 Å². The lowest BCUT2D eigenvalue weighted by molar-refractivity contribution is -0.137. The molecule has 0 spiro atoms. The van der Waals surface area contributed by atoms with E-state index in [0.29, 0.717) is 25.7 Å². The second kappa shape index (κ2) is 8.78. The van der Waals surface area contributed by atoms with Gasteiger partial charge in [0, 0.05) is 45.3 Å². The van der Waals surface area contributed by atoms with Crippen molar-refractivity contribution in [2.24, 2.45) is 0 Å². The first kappa shape index (κ1) is 17.6. The van der Waals surface area contributed by atoms with Gasteiger partial charge in [-0.3, -0.25) is 19.4 Å². The number of piperidine rings is 1. The van der Waals surface area contributed by atoms with Gasteiger partial charge in [-0.1, -0.05) is 0 Å². The van der Waals surface area contributed by atoms with Crippen molar-refractivity contribution in [2.45, 2.75) is 31.7 Å². The van der Waals surface area contributed by atoms with Gasteiger partial charge in [0.05, 0.1) is 26.3 Å². The van der Waals surface area contributed by atoms with Crippen molar-refractivity contribution < 1.29 is 14.3 Å². The quantitative estimate of drug-likeness (QED) is 0.734. The van der Waals surface area contributed by atoms with Gasteiger partial charge < -0.3 is 15.0 Å². The molecule has 24 heavy (non-hydrogen) atoms. The Morgan fingerprint density at radius 3 is 2.75 bits per heavy atom. The molecule has 3 fully saturated rings. The molecule has 7 nitrogen and oxygen atoms in total. The summed E-state index contributed by atoms with van der Waals surface area (Å²) in [7, 11) is 0. The maximum absolute atomic E-state index is 12.8. The summed E-state index contributed by atoms with van der Waals surface area (Å²) in [5.41, 5.74) is 0. The highest BCUT2D eigenvalue weighted by molar-refractivity contribution is 5.82. The van der Waals surface area contributed by atoms with Crippen molar-refractivity contribution in [1.29, 1.82) is 0 Å². The lowest BCUT2D eigenvalue weighted by atomic mass is 9.98. The first-order valence-electron chi connectivity index (χ1n) is 9.31. The molecule has 0 saturated carbocycles. The van der Waals surface area contributed by atoms with Crippen LogP contribution >= 0.6 is 0 Å². The zero-order chi connectivity index (χ0) is 16.8. The van der Waals surface area contributed by atoms with Gasteiger partial charge in [0.1, 0.15) is 0 Å². The van der Waals surface area contributed by atoms with Gasteiger partial charge in [-0.25, -0.2) is 0 Å². The molecule has 1 N–H and O–H groups in total. The van der Waals surface area contributed by atoms with Crippen molar-refractivity contribution in [1.82, 2.24) is 20.0 Å². The fourth-order valence-electron chi connectivity index (χ4n) is 3.89. The number of nitrogens with one attached hydrogen (secondary N) is 1. The van der Waals surface area contributed by atoms with Gasteiger partial charge in [0.25, 0.3) is 0 Å². The lowest BCUT2D eigenvalue weighted by Gasteiger charge is -2.39. The number of amides is 2. The Morgan fingerprint density at radius 2 is 1.96 bits per heavy atom. The predicted molar refractivity (Wildman–Crippen MR) is 90.7 cm³/mol. The highest BCUT2D eigenvalue weighted by Crippen LogP contribution is 2.21. The summed E-state index contributed by atoms with van der Waals surface area (Å²) in [6, 6.07) is 0.354. The molecule has 1 atom stereocenters. The smallest absolute Gasteiger partial charge is 0.237 e. The van der Waals surface area contributed by atoms with Crippen molar-refractivity contribution >= 4 is 11.8 Å². The molecule has 3 heterocycles. The summed E-state index contributed by atoms with van der Waals surface area (Å²) in [4.78, 5) is 30.7. The molecule has 0 aromatic rings. The molecular formula is C17H30N4O3. The first-order chi connectivity index (χ1) is 11.7. The Hall–Kier alpha value is -1.18. The van der Waals surface area contributed by atoms with Crippen molar-refractivity contribution in [3.05, 3.63) is 0 Å². The molecule has 0 aromatic carbocycles. The summed E-state index contributed by atoms with van der Waals surface area (Å²) >= 11 is 0. The van der Waals surface area contributed by atoms with Crippen LogP contribution in [0.2, 0.25) is 0 Å². The molecule has 0 aromatic heterocycles. The Kier molecular flexibility index (Phi) is 6.45. The fourth-order valence-corrected chi connectivity index (χ4v) is 3.89. The second-order valence-corrected chi connectivity index (χ2v) is 7.04. The van der Waals surface area contributed by atoms with E-state index in [1.165, 1.54) is 6.42 Å². The zero-order valence-electron chi connectivity index (χ0n) is 14.5. The van der Waals surface area contributed by atoms with E-state index in [0.717, 1.165) is 65.2 Å². The van der Waals surface area contributed by atoms with E-state index in [1.54, 1.807) is 0 Å². The van der Waals surface area contributed by atoms with Gasteiger partial charge in [-0.15, -0.1) is 0 Å². The van der Waals surface area contributed by atoms with Gasteiger partial charge >= 0.3 is 0 Å². The van der Waals surface area contributed by atoms with Crippen LogP contribution < -0.4 is 5.32 Å². The molecule has 0 bridgehead atoms. The Labute approximate surface area is 144 Å². The molecule has 3 rings (SSSR count). The molecule has 0 unspecified atom stereocenters. The van der Waals surface area contributed by atoms with Crippen LogP contribution in [-0.4, -0.2) is 98.1 Å². The number of nitrogens with zero attached hydrogens (tertiary/aromatic N) is 3. The number of carbonyl (C=O) groups excluding carboxylic acids is 2. The van der Waals surface area contributed by atoms with Crippen LogP contribution in [0.1, 0.15) is 25.7 Å². The minimum Gasteiger partial charge on any atom is -0.379 e. The van der Waals surface area contributed by atoms with Crippen molar-refractivity contribution in [3.63, 3.8) is 0 Å². The topological polar surface area (TPSA) is 65.1 Å². The van der Waals surface area contributed by atoms with Gasteiger partial charge in [-0.05, 0) is 25.7 Å². The number of piperazine rings is 1. The number of ether oxygens (including phenoxy) is 1. The fraction of sp³-hybridized carbons (Fsp3) is 0.882. The minimum absolute atomic E-state index is 0.0246. The highest BCUT2D eigenvalue weighted by atomic mass is 16.5. The van der Waals surface area contributed by atoms with E-state index in [4.69, 9.17) is 4.74 Å². The summed E-state index contributed by atoms with van der Waals surface area (Å²) < 4.78 is 5.40. The van der Waals surface area contributed by atoms with Crippen LogP contribution in [0.4, 0.5) is 0 Å². The number of hydrogen-bond acceptors (Lipinski definition) is 5. The number of rotatable bonds is 5. The lowest BCUT2D eigenvalue weighted by Crippen LogP contribution is -2.53. The minimum atomic E-state index is 0.0246. The van der Waals surface area contributed by atoms with Crippen LogP contribution in [0.15, 0.2) is 0 Å². The van der Waals surface area contributed by atoms with Gasteiger partial charge in [0.2, 0.25) is 11.8 Å². The molecule has 3 aliphatic rings. The third-order valence-corrected chi connectivity index (χ3v) is 5.31. The van der Waals surface area contributed by atoms with E-state index in [2.05, 4.69) is 15.1 Å². The predicted octanol–water partition coefficient (Wildman–Crippen LogP) is -0.478. The second-order valence-electron chi connectivity index (χ2n) is 7.04. The van der Waals surface area contributed by atoms with E-state index in [-0.39, 0.29) is 11.8 Å². The van der Waals surface area contributed by atoms with E-state index in [1.807, 2.05) is 4.90 Å². The third kappa shape index (κ3) is 4.91. The normalized spacial score (nSPS) is 27.1. The monoisotopic (exact) mass is 338 g/mol. The van der Waals surface area contributed by atoms with Crippen LogP contribution in [0.25, 0.3) is 0 Å². The Bertz CT molecular complexity index is 440. The number of carbonyl (C=O) groups is 2. The Balaban J connectivity index is 1.49. The number of hydrogen-bond donors (Lipinski definition) is 1. The maximum atomic E-state index is 12.8. The molecule has 2 amide bonds. The Morgan fingerprint density at radius 1 is 1.12 bits per heavy atom. The number of likely N-dealkylation sites (tertiary alicyclic amines) is 1. The largest absolute Gasteiger partial charge is 0.379 e. The molecule has 3 saturated heterocycles. The summed E-state index contributed by atoms with van der Waals surface area (Å²) in [6.45, 7) is 7.70. The molecular weight excluding hydrogens is 308 g/mol. The number of morpholine rings is 1. The van der Waals surface area contributed by atoms with Crippen LogP contribution in [0, 0.1) is 0 Å². The summed E-state index contributed by atoms with van der Waals surface area (Å²) in [5.74, 6) is 0.216.